The van der Waals surface area contributed by atoms with E-state index >= 15 is 0 Å². The zero-order chi connectivity index (χ0) is 12.3. The van der Waals surface area contributed by atoms with Crippen molar-refractivity contribution in [2.75, 3.05) is 7.05 Å². The maximum absolute atomic E-state index is 11.4. The van der Waals surface area contributed by atoms with Crippen LogP contribution in [0.1, 0.15) is 30.9 Å². The van der Waals surface area contributed by atoms with Gasteiger partial charge in [-0.25, -0.2) is 13.1 Å². The zero-order valence-corrected chi connectivity index (χ0v) is 11.2. The van der Waals surface area contributed by atoms with Crippen molar-refractivity contribution >= 4 is 21.6 Å². The molecule has 16 heavy (non-hydrogen) atoms. The summed E-state index contributed by atoms with van der Waals surface area (Å²) in [5.41, 5.74) is 1.76. The molecule has 0 bridgehead atoms. The lowest BCUT2D eigenvalue weighted by Gasteiger charge is -2.09. The molecule has 0 atom stereocenters. The van der Waals surface area contributed by atoms with E-state index in [0.29, 0.717) is 16.5 Å². The maximum Gasteiger partial charge on any atom is 0.215 e. The van der Waals surface area contributed by atoms with E-state index in [4.69, 9.17) is 11.6 Å². The lowest BCUT2D eigenvalue weighted by atomic mass is 10.0. The normalized spacial score (nSPS) is 12.1. The first kappa shape index (κ1) is 13.5. The molecule has 0 heterocycles. The summed E-state index contributed by atoms with van der Waals surface area (Å²) in [6.07, 6.45) is 0. The molecule has 0 aliphatic carbocycles. The summed E-state index contributed by atoms with van der Waals surface area (Å²) in [6, 6.07) is 5.43. The summed E-state index contributed by atoms with van der Waals surface area (Å²) < 4.78 is 25.1. The van der Waals surface area contributed by atoms with Gasteiger partial charge in [0.05, 0.1) is 5.75 Å². The Bertz CT molecular complexity index is 469. The third kappa shape index (κ3) is 3.77. The number of nitrogens with one attached hydrogen (secondary N) is 1. The minimum atomic E-state index is -3.24. The lowest BCUT2D eigenvalue weighted by molar-refractivity contribution is 0.587. The molecule has 1 aromatic carbocycles. The quantitative estimate of drug-likeness (QED) is 0.905. The topological polar surface area (TPSA) is 46.2 Å². The van der Waals surface area contributed by atoms with E-state index < -0.39 is 10.0 Å². The highest BCUT2D eigenvalue weighted by molar-refractivity contribution is 7.88. The largest absolute Gasteiger partial charge is 0.218 e. The molecular formula is C11H16ClNO2S. The standard InChI is InChI=1S/C11H16ClNO2S/c1-8(2)10-4-9(5-11(12)6-10)7-16(14,15)13-3/h4-6,8,13H,7H2,1-3H3. The summed E-state index contributed by atoms with van der Waals surface area (Å²) in [6.45, 7) is 4.09. The average molecular weight is 262 g/mol. The Morgan fingerprint density at radius 1 is 1.31 bits per heavy atom. The Morgan fingerprint density at radius 3 is 2.44 bits per heavy atom. The van der Waals surface area contributed by atoms with Crippen LogP contribution in [-0.2, 0) is 15.8 Å². The van der Waals surface area contributed by atoms with E-state index in [-0.39, 0.29) is 5.75 Å². The first-order chi connectivity index (χ1) is 7.34. The number of sulfonamides is 1. The fraction of sp³-hybridized carbons (Fsp3) is 0.455. The van der Waals surface area contributed by atoms with Gasteiger partial charge in [-0.05, 0) is 36.2 Å². The second-order valence-electron chi connectivity index (χ2n) is 4.01. The van der Waals surface area contributed by atoms with Crippen LogP contribution in [0.4, 0.5) is 0 Å². The van der Waals surface area contributed by atoms with Gasteiger partial charge in [-0.2, -0.15) is 0 Å². The zero-order valence-electron chi connectivity index (χ0n) is 9.62. The van der Waals surface area contributed by atoms with E-state index in [2.05, 4.69) is 4.72 Å². The molecule has 0 unspecified atom stereocenters. The van der Waals surface area contributed by atoms with Crippen LogP contribution in [0.3, 0.4) is 0 Å². The molecule has 90 valence electrons. The molecule has 0 aliphatic heterocycles. The Labute approximate surface area is 102 Å². The van der Waals surface area contributed by atoms with Crippen LogP contribution in [0.2, 0.25) is 5.02 Å². The van der Waals surface area contributed by atoms with Crippen molar-refractivity contribution in [3.63, 3.8) is 0 Å². The van der Waals surface area contributed by atoms with Gasteiger partial charge in [0.15, 0.2) is 0 Å². The van der Waals surface area contributed by atoms with Crippen LogP contribution < -0.4 is 4.72 Å². The van der Waals surface area contributed by atoms with Crippen LogP contribution in [0.5, 0.6) is 0 Å². The molecule has 0 amide bonds. The molecule has 1 rings (SSSR count). The molecule has 0 saturated carbocycles. The van der Waals surface area contributed by atoms with E-state index in [1.807, 2.05) is 26.0 Å². The average Bonchev–Trinajstić information content (AvgIpc) is 2.16. The highest BCUT2D eigenvalue weighted by Gasteiger charge is 2.11. The van der Waals surface area contributed by atoms with Gasteiger partial charge < -0.3 is 0 Å². The van der Waals surface area contributed by atoms with E-state index in [9.17, 15) is 8.42 Å². The number of rotatable bonds is 4. The highest BCUT2D eigenvalue weighted by Crippen LogP contribution is 2.22. The summed E-state index contributed by atoms with van der Waals surface area (Å²) in [4.78, 5) is 0. The van der Waals surface area contributed by atoms with Gasteiger partial charge in [0, 0.05) is 5.02 Å². The number of benzene rings is 1. The summed E-state index contributed by atoms with van der Waals surface area (Å²) in [7, 11) is -1.83. The monoisotopic (exact) mass is 261 g/mol. The number of hydrogen-bond donors (Lipinski definition) is 1. The minimum absolute atomic E-state index is 0.0379. The molecular weight excluding hydrogens is 246 g/mol. The van der Waals surface area contributed by atoms with E-state index in [1.165, 1.54) is 7.05 Å². The van der Waals surface area contributed by atoms with Gasteiger partial charge in [0.25, 0.3) is 0 Å². The second kappa shape index (κ2) is 5.17. The van der Waals surface area contributed by atoms with Crippen LogP contribution >= 0.6 is 11.6 Å². The van der Waals surface area contributed by atoms with E-state index in [1.54, 1.807) is 6.07 Å². The Hall–Kier alpha value is -0.580. The summed E-state index contributed by atoms with van der Waals surface area (Å²) in [5.74, 6) is 0.291. The van der Waals surface area contributed by atoms with Crippen molar-refractivity contribution in [2.24, 2.45) is 0 Å². The molecule has 0 aliphatic rings. The molecule has 1 N–H and O–H groups in total. The molecule has 0 radical (unpaired) electrons. The maximum atomic E-state index is 11.4. The van der Waals surface area contributed by atoms with Gasteiger partial charge in [-0.3, -0.25) is 0 Å². The third-order valence-corrected chi connectivity index (χ3v) is 3.87. The fourth-order valence-corrected chi connectivity index (χ4v) is 2.40. The fourth-order valence-electron chi connectivity index (χ4n) is 1.38. The van der Waals surface area contributed by atoms with Gasteiger partial charge in [-0.1, -0.05) is 31.5 Å². The highest BCUT2D eigenvalue weighted by atomic mass is 35.5. The number of halogens is 1. The summed E-state index contributed by atoms with van der Waals surface area (Å²) in [5, 5.41) is 0.576. The van der Waals surface area contributed by atoms with Crippen LogP contribution in [0, 0.1) is 0 Å². The molecule has 1 aromatic rings. The first-order valence-electron chi connectivity index (χ1n) is 5.04. The molecule has 3 nitrogen and oxygen atoms in total. The van der Waals surface area contributed by atoms with Crippen molar-refractivity contribution < 1.29 is 8.42 Å². The minimum Gasteiger partial charge on any atom is -0.218 e. The van der Waals surface area contributed by atoms with Crippen molar-refractivity contribution in [1.29, 1.82) is 0 Å². The van der Waals surface area contributed by atoms with Crippen LogP contribution in [0.15, 0.2) is 18.2 Å². The Balaban J connectivity index is 3.06. The van der Waals surface area contributed by atoms with Crippen molar-refractivity contribution in [2.45, 2.75) is 25.5 Å². The van der Waals surface area contributed by atoms with Gasteiger partial charge >= 0.3 is 0 Å². The molecule has 0 aromatic heterocycles. The van der Waals surface area contributed by atoms with Gasteiger partial charge in [0.2, 0.25) is 10.0 Å². The van der Waals surface area contributed by atoms with Crippen molar-refractivity contribution in [3.8, 4) is 0 Å². The lowest BCUT2D eigenvalue weighted by Crippen LogP contribution is -2.20. The number of hydrogen-bond acceptors (Lipinski definition) is 2. The SMILES string of the molecule is CNS(=O)(=O)Cc1cc(Cl)cc(C(C)C)c1. The van der Waals surface area contributed by atoms with Crippen LogP contribution in [0.25, 0.3) is 0 Å². The third-order valence-electron chi connectivity index (χ3n) is 2.31. The van der Waals surface area contributed by atoms with Crippen LogP contribution in [-0.4, -0.2) is 15.5 Å². The smallest absolute Gasteiger partial charge is 0.215 e. The second-order valence-corrected chi connectivity index (χ2v) is 6.37. The Kier molecular flexibility index (Phi) is 4.35. The molecule has 0 saturated heterocycles. The van der Waals surface area contributed by atoms with Crippen molar-refractivity contribution in [3.05, 3.63) is 34.3 Å². The predicted molar refractivity (Wildman–Crippen MR) is 67.2 cm³/mol. The molecule has 0 spiro atoms. The first-order valence-corrected chi connectivity index (χ1v) is 7.07. The molecule has 0 fully saturated rings. The predicted octanol–water partition coefficient (Wildman–Crippen LogP) is 2.51. The van der Waals surface area contributed by atoms with Crippen molar-refractivity contribution in [1.82, 2.24) is 4.72 Å². The Morgan fingerprint density at radius 2 is 1.94 bits per heavy atom. The van der Waals surface area contributed by atoms with E-state index in [0.717, 1.165) is 5.56 Å². The summed E-state index contributed by atoms with van der Waals surface area (Å²) >= 11 is 5.95. The van der Waals surface area contributed by atoms with Gasteiger partial charge in [0.1, 0.15) is 0 Å². The van der Waals surface area contributed by atoms with Gasteiger partial charge in [-0.15, -0.1) is 0 Å². The molecule has 5 heteroatoms.